The molecule has 0 radical (unpaired) electrons. The fraction of sp³-hybridized carbons (Fsp3) is 0.385. The number of alkyl halides is 2. The van der Waals surface area contributed by atoms with Crippen LogP contribution < -0.4 is 10.6 Å². The van der Waals surface area contributed by atoms with Crippen molar-refractivity contribution in [3.8, 4) is 11.1 Å². The van der Waals surface area contributed by atoms with Crippen LogP contribution in [0.2, 0.25) is 0 Å². The summed E-state index contributed by atoms with van der Waals surface area (Å²) < 4.78 is 33.5. The highest BCUT2D eigenvalue weighted by molar-refractivity contribution is 5.87. The highest BCUT2D eigenvalue weighted by Crippen LogP contribution is 2.46. The van der Waals surface area contributed by atoms with Crippen molar-refractivity contribution >= 4 is 22.4 Å². The highest BCUT2D eigenvalue weighted by Gasteiger charge is 2.30. The Hall–Kier alpha value is -3.42. The van der Waals surface area contributed by atoms with E-state index in [1.54, 1.807) is 46.4 Å². The van der Waals surface area contributed by atoms with Crippen LogP contribution in [0.15, 0.2) is 41.5 Å². The molecule has 0 amide bonds. The van der Waals surface area contributed by atoms with Crippen LogP contribution in [0.4, 0.5) is 20.2 Å². The van der Waals surface area contributed by atoms with Crippen LogP contribution in [0.25, 0.3) is 22.2 Å². The van der Waals surface area contributed by atoms with Crippen molar-refractivity contribution in [1.29, 1.82) is 0 Å². The van der Waals surface area contributed by atoms with Gasteiger partial charge in [0.1, 0.15) is 0 Å². The molecule has 1 fully saturated rings. The Balaban J connectivity index is 1.54. The predicted octanol–water partition coefficient (Wildman–Crippen LogP) is 5.18. The summed E-state index contributed by atoms with van der Waals surface area (Å²) in [5, 5.41) is 4.18. The van der Waals surface area contributed by atoms with E-state index < -0.39 is 6.43 Å². The molecule has 0 atom stereocenters. The lowest BCUT2D eigenvalue weighted by Crippen LogP contribution is -2.25. The Morgan fingerprint density at radius 1 is 1.06 bits per heavy atom. The number of hydrogen-bond donors (Lipinski definition) is 0. The normalized spacial score (nSPS) is 16.0. The average molecular weight is 464 g/mol. The smallest absolute Gasteiger partial charge is 0.328 e. The molecule has 1 aliphatic carbocycles. The van der Waals surface area contributed by atoms with E-state index >= 15 is 0 Å². The van der Waals surface area contributed by atoms with Crippen LogP contribution in [-0.2, 0) is 27.6 Å². The van der Waals surface area contributed by atoms with Gasteiger partial charge >= 0.3 is 5.69 Å². The van der Waals surface area contributed by atoms with E-state index in [1.165, 1.54) is 5.56 Å². The number of benzene rings is 2. The van der Waals surface area contributed by atoms with E-state index in [0.29, 0.717) is 17.0 Å². The number of aryl methyl sites for hydroxylation is 4. The van der Waals surface area contributed by atoms with E-state index in [0.717, 1.165) is 60.2 Å². The third-order valence-electron chi connectivity index (χ3n) is 7.32. The van der Waals surface area contributed by atoms with Gasteiger partial charge in [0.25, 0.3) is 6.43 Å². The van der Waals surface area contributed by atoms with Gasteiger partial charge in [0.2, 0.25) is 0 Å². The fourth-order valence-electron chi connectivity index (χ4n) is 5.44. The molecule has 0 bridgehead atoms. The van der Waals surface area contributed by atoms with Crippen molar-refractivity contribution in [1.82, 2.24) is 18.9 Å². The molecule has 1 saturated carbocycles. The third-order valence-corrected chi connectivity index (χ3v) is 7.32. The molecule has 3 heterocycles. The monoisotopic (exact) mass is 463 g/mol. The lowest BCUT2D eigenvalue weighted by molar-refractivity contribution is 0.152. The standard InChI is InChI=1S/C26H27F2N5O/c1-30-14-17(13-29-30)19-9-16-5-4-8-33(22(16)12-21(19)25(27)28)18-10-20(15-6-7-15)24-23(11-18)31(2)26(34)32(24)3/h9-15,25H,4-8H2,1-3H3. The molecule has 0 saturated heterocycles. The van der Waals surface area contributed by atoms with Gasteiger partial charge in [-0.05, 0) is 72.6 Å². The zero-order chi connectivity index (χ0) is 23.7. The van der Waals surface area contributed by atoms with Crippen molar-refractivity contribution in [2.45, 2.75) is 38.0 Å². The Labute approximate surface area is 196 Å². The minimum atomic E-state index is -2.59. The quantitative estimate of drug-likeness (QED) is 0.419. The summed E-state index contributed by atoms with van der Waals surface area (Å²) in [4.78, 5) is 14.8. The Bertz CT molecular complexity index is 1490. The third kappa shape index (κ3) is 3.19. The van der Waals surface area contributed by atoms with Crippen molar-refractivity contribution < 1.29 is 8.78 Å². The number of hydrogen-bond acceptors (Lipinski definition) is 3. The molecule has 2 aliphatic rings. The molecule has 0 spiro atoms. The van der Waals surface area contributed by atoms with Crippen LogP contribution >= 0.6 is 0 Å². The lowest BCUT2D eigenvalue weighted by Gasteiger charge is -2.33. The van der Waals surface area contributed by atoms with Crippen LogP contribution in [0.5, 0.6) is 0 Å². The lowest BCUT2D eigenvalue weighted by atomic mass is 9.92. The molecule has 4 aromatic rings. The second-order valence-corrected chi connectivity index (χ2v) is 9.60. The maximum absolute atomic E-state index is 14.2. The number of halogens is 2. The molecule has 1 aliphatic heterocycles. The molecule has 176 valence electrons. The van der Waals surface area contributed by atoms with Gasteiger partial charge in [0.15, 0.2) is 0 Å². The minimum Gasteiger partial charge on any atom is -0.341 e. The maximum Gasteiger partial charge on any atom is 0.328 e. The molecule has 6 rings (SSSR count). The second kappa shape index (κ2) is 7.55. The average Bonchev–Trinajstić information content (AvgIpc) is 3.56. The van der Waals surface area contributed by atoms with Gasteiger partial charge in [-0.15, -0.1) is 0 Å². The van der Waals surface area contributed by atoms with Gasteiger partial charge in [-0.1, -0.05) is 0 Å². The highest BCUT2D eigenvalue weighted by atomic mass is 19.3. The van der Waals surface area contributed by atoms with Crippen LogP contribution in [0, 0.1) is 0 Å². The number of rotatable bonds is 4. The van der Waals surface area contributed by atoms with E-state index in [4.69, 9.17) is 0 Å². The predicted molar refractivity (Wildman–Crippen MR) is 129 cm³/mol. The van der Waals surface area contributed by atoms with Gasteiger partial charge < -0.3 is 4.90 Å². The van der Waals surface area contributed by atoms with Crippen LogP contribution in [0.1, 0.15) is 48.3 Å². The molecular weight excluding hydrogens is 436 g/mol. The Morgan fingerprint density at radius 2 is 1.85 bits per heavy atom. The first-order valence-electron chi connectivity index (χ1n) is 11.7. The van der Waals surface area contributed by atoms with Crippen molar-refractivity contribution in [3.05, 3.63) is 63.8 Å². The zero-order valence-corrected chi connectivity index (χ0v) is 19.6. The minimum absolute atomic E-state index is 0.0225. The van der Waals surface area contributed by atoms with E-state index in [9.17, 15) is 13.6 Å². The largest absolute Gasteiger partial charge is 0.341 e. The SMILES string of the molecule is Cn1cc(-c2cc3c(cc2C(F)F)N(c2cc(C4CC4)c4c(c2)n(C)c(=O)n4C)CCC3)cn1. The number of imidazole rings is 1. The molecule has 2 aromatic carbocycles. The molecule has 2 aromatic heterocycles. The van der Waals surface area contributed by atoms with Gasteiger partial charge in [-0.25, -0.2) is 13.6 Å². The fourth-order valence-corrected chi connectivity index (χ4v) is 5.44. The molecule has 0 unspecified atom stereocenters. The summed E-state index contributed by atoms with van der Waals surface area (Å²) in [5.41, 5.74) is 7.13. The second-order valence-electron chi connectivity index (χ2n) is 9.60. The van der Waals surface area contributed by atoms with E-state index in [-0.39, 0.29) is 11.3 Å². The van der Waals surface area contributed by atoms with Crippen molar-refractivity contribution in [2.24, 2.45) is 21.1 Å². The molecule has 6 nitrogen and oxygen atoms in total. The van der Waals surface area contributed by atoms with Crippen LogP contribution in [-0.4, -0.2) is 25.5 Å². The van der Waals surface area contributed by atoms with Crippen molar-refractivity contribution in [3.63, 3.8) is 0 Å². The maximum atomic E-state index is 14.2. The first kappa shape index (κ1) is 21.1. The number of fused-ring (bicyclic) bond motifs is 2. The molecule has 8 heteroatoms. The molecule has 0 N–H and O–H groups in total. The summed E-state index contributed by atoms with van der Waals surface area (Å²) in [6.45, 7) is 0.748. The first-order valence-corrected chi connectivity index (χ1v) is 11.7. The van der Waals surface area contributed by atoms with E-state index in [1.807, 2.05) is 19.2 Å². The summed E-state index contributed by atoms with van der Waals surface area (Å²) in [7, 11) is 5.40. The Kier molecular flexibility index (Phi) is 4.69. The molecule has 34 heavy (non-hydrogen) atoms. The van der Waals surface area contributed by atoms with Crippen LogP contribution in [0.3, 0.4) is 0 Å². The van der Waals surface area contributed by atoms with Crippen molar-refractivity contribution in [2.75, 3.05) is 11.4 Å². The topological polar surface area (TPSA) is 48.0 Å². The van der Waals surface area contributed by atoms with Gasteiger partial charge in [-0.3, -0.25) is 13.8 Å². The summed E-state index contributed by atoms with van der Waals surface area (Å²) in [6.07, 6.45) is 4.82. The number of aromatic nitrogens is 4. The van der Waals surface area contributed by atoms with Gasteiger partial charge in [0, 0.05) is 56.4 Å². The zero-order valence-electron chi connectivity index (χ0n) is 19.6. The summed E-state index contributed by atoms with van der Waals surface area (Å²) in [6, 6.07) is 7.78. The number of anilines is 2. The van der Waals surface area contributed by atoms with Gasteiger partial charge in [-0.2, -0.15) is 5.10 Å². The summed E-state index contributed by atoms with van der Waals surface area (Å²) in [5.74, 6) is 0.448. The summed E-state index contributed by atoms with van der Waals surface area (Å²) >= 11 is 0. The van der Waals surface area contributed by atoms with Gasteiger partial charge in [0.05, 0.1) is 17.2 Å². The Morgan fingerprint density at radius 3 is 2.53 bits per heavy atom. The molecular formula is C26H27F2N5O. The first-order chi connectivity index (χ1) is 16.3. The van der Waals surface area contributed by atoms with E-state index in [2.05, 4.69) is 16.1 Å². The number of nitrogens with zero attached hydrogens (tertiary/aromatic N) is 5.